The molecule has 5 heteroatoms. The Bertz CT molecular complexity index is 416. The maximum atomic E-state index is 13.0. The molecule has 1 N–H and O–H groups in total. The van der Waals surface area contributed by atoms with Crippen molar-refractivity contribution in [2.75, 3.05) is 19.8 Å². The van der Waals surface area contributed by atoms with Crippen molar-refractivity contribution >= 4 is 11.6 Å². The van der Waals surface area contributed by atoms with Crippen LogP contribution in [0.5, 0.6) is 0 Å². The molecule has 1 fully saturated rings. The second kappa shape index (κ2) is 5.97. The van der Waals surface area contributed by atoms with Crippen LogP contribution in [0.25, 0.3) is 0 Å². The smallest absolute Gasteiger partial charge is 0.124 e. The van der Waals surface area contributed by atoms with Crippen LogP contribution in [0.3, 0.4) is 0 Å². The van der Waals surface area contributed by atoms with E-state index in [9.17, 15) is 4.39 Å². The van der Waals surface area contributed by atoms with Crippen LogP contribution in [-0.4, -0.2) is 41.9 Å². The first kappa shape index (κ1) is 13.7. The molecule has 0 spiro atoms. The van der Waals surface area contributed by atoms with Gasteiger partial charge in [-0.05, 0) is 24.6 Å². The predicted molar refractivity (Wildman–Crippen MR) is 68.1 cm³/mol. The second-order valence-corrected chi connectivity index (χ2v) is 5.06. The van der Waals surface area contributed by atoms with E-state index in [1.807, 2.05) is 0 Å². The molecule has 2 unspecified atom stereocenters. The number of rotatable bonds is 3. The van der Waals surface area contributed by atoms with Crippen molar-refractivity contribution < 1.29 is 14.2 Å². The molecule has 0 amide bonds. The van der Waals surface area contributed by atoms with Crippen molar-refractivity contribution in [1.29, 1.82) is 0 Å². The zero-order valence-corrected chi connectivity index (χ0v) is 11.0. The third-order valence-corrected chi connectivity index (χ3v) is 3.58. The molecule has 1 aromatic carbocycles. The number of aliphatic hydroxyl groups excluding tert-OH is 1. The van der Waals surface area contributed by atoms with Crippen molar-refractivity contribution in [3.63, 3.8) is 0 Å². The van der Waals surface area contributed by atoms with Gasteiger partial charge < -0.3 is 9.84 Å². The Morgan fingerprint density at radius 2 is 2.33 bits per heavy atom. The van der Waals surface area contributed by atoms with E-state index in [0.717, 1.165) is 5.56 Å². The van der Waals surface area contributed by atoms with Gasteiger partial charge >= 0.3 is 0 Å². The third-order valence-electron chi connectivity index (χ3n) is 3.23. The van der Waals surface area contributed by atoms with Gasteiger partial charge in [-0.1, -0.05) is 17.7 Å². The maximum Gasteiger partial charge on any atom is 0.124 e. The minimum absolute atomic E-state index is 0.0143. The van der Waals surface area contributed by atoms with Gasteiger partial charge in [-0.3, -0.25) is 4.90 Å². The summed E-state index contributed by atoms with van der Waals surface area (Å²) in [5, 5.41) is 9.56. The van der Waals surface area contributed by atoms with Crippen LogP contribution >= 0.6 is 11.6 Å². The molecule has 2 atom stereocenters. The fourth-order valence-electron chi connectivity index (χ4n) is 2.07. The lowest BCUT2D eigenvalue weighted by Gasteiger charge is -2.37. The molecule has 2 rings (SSSR count). The molecule has 1 aliphatic heterocycles. The van der Waals surface area contributed by atoms with E-state index in [1.165, 1.54) is 12.1 Å². The van der Waals surface area contributed by atoms with Crippen molar-refractivity contribution in [3.05, 3.63) is 34.6 Å². The quantitative estimate of drug-likeness (QED) is 0.915. The summed E-state index contributed by atoms with van der Waals surface area (Å²) in [5.41, 5.74) is 0.892. The number of nitrogens with zero attached hydrogens (tertiary/aromatic N) is 1. The number of hydrogen-bond donors (Lipinski definition) is 1. The first-order valence-electron chi connectivity index (χ1n) is 6.00. The van der Waals surface area contributed by atoms with Crippen molar-refractivity contribution in [3.8, 4) is 0 Å². The van der Waals surface area contributed by atoms with E-state index in [-0.39, 0.29) is 24.6 Å². The average Bonchev–Trinajstić information content (AvgIpc) is 2.35. The molecule has 1 saturated heterocycles. The highest BCUT2D eigenvalue weighted by Crippen LogP contribution is 2.22. The fraction of sp³-hybridized carbons (Fsp3) is 0.538. The lowest BCUT2D eigenvalue weighted by atomic mass is 10.1. The highest BCUT2D eigenvalue weighted by Gasteiger charge is 2.25. The molecule has 0 aromatic heterocycles. The third kappa shape index (κ3) is 3.20. The summed E-state index contributed by atoms with van der Waals surface area (Å²) in [5.74, 6) is -0.327. The van der Waals surface area contributed by atoms with E-state index >= 15 is 0 Å². The Kier molecular flexibility index (Phi) is 4.56. The first-order chi connectivity index (χ1) is 8.60. The Hall–Kier alpha value is -0.680. The largest absolute Gasteiger partial charge is 0.394 e. The van der Waals surface area contributed by atoms with Gasteiger partial charge in [0.05, 0.1) is 19.3 Å². The van der Waals surface area contributed by atoms with Gasteiger partial charge in [0.15, 0.2) is 0 Å². The molecule has 100 valence electrons. The van der Waals surface area contributed by atoms with Gasteiger partial charge in [-0.15, -0.1) is 0 Å². The summed E-state index contributed by atoms with van der Waals surface area (Å²) < 4.78 is 18.4. The topological polar surface area (TPSA) is 32.7 Å². The van der Waals surface area contributed by atoms with Gasteiger partial charge in [0.25, 0.3) is 0 Å². The maximum absolute atomic E-state index is 13.0. The van der Waals surface area contributed by atoms with Crippen molar-refractivity contribution in [2.45, 2.75) is 25.6 Å². The Morgan fingerprint density at radius 3 is 3.00 bits per heavy atom. The molecule has 18 heavy (non-hydrogen) atoms. The van der Waals surface area contributed by atoms with Gasteiger partial charge in [-0.25, -0.2) is 4.39 Å². The van der Waals surface area contributed by atoms with Crippen LogP contribution in [0.1, 0.15) is 12.5 Å². The molecular weight excluding hydrogens is 257 g/mol. The summed E-state index contributed by atoms with van der Waals surface area (Å²) in [4.78, 5) is 2.18. The Labute approximate surface area is 111 Å². The van der Waals surface area contributed by atoms with E-state index < -0.39 is 0 Å². The minimum atomic E-state index is -0.327. The van der Waals surface area contributed by atoms with Crippen LogP contribution < -0.4 is 0 Å². The number of hydrogen-bond acceptors (Lipinski definition) is 3. The minimum Gasteiger partial charge on any atom is -0.394 e. The molecular formula is C13H17ClFNO2. The van der Waals surface area contributed by atoms with Gasteiger partial charge in [0, 0.05) is 24.2 Å². The van der Waals surface area contributed by atoms with Crippen molar-refractivity contribution in [2.24, 2.45) is 0 Å². The molecule has 1 aromatic rings. The van der Waals surface area contributed by atoms with E-state index in [4.69, 9.17) is 21.4 Å². The molecule has 0 aliphatic carbocycles. The van der Waals surface area contributed by atoms with Gasteiger partial charge in [0.1, 0.15) is 5.82 Å². The zero-order valence-electron chi connectivity index (χ0n) is 10.3. The summed E-state index contributed by atoms with van der Waals surface area (Å²) in [6.45, 7) is 3.96. The summed E-state index contributed by atoms with van der Waals surface area (Å²) in [7, 11) is 0. The monoisotopic (exact) mass is 273 g/mol. The lowest BCUT2D eigenvalue weighted by Crippen LogP contribution is -2.48. The van der Waals surface area contributed by atoms with Crippen LogP contribution in [-0.2, 0) is 11.3 Å². The standard InChI is InChI=1S/C13H17ClFNO2/c1-9-8-18-12(7-17)6-16(9)5-10-2-3-11(15)4-13(10)14/h2-4,9,12,17H,5-8H2,1H3. The number of halogens is 2. The molecule has 0 bridgehead atoms. The van der Waals surface area contributed by atoms with Crippen LogP contribution in [0, 0.1) is 5.82 Å². The van der Waals surface area contributed by atoms with Crippen molar-refractivity contribution in [1.82, 2.24) is 4.90 Å². The summed E-state index contributed by atoms with van der Waals surface area (Å²) in [6, 6.07) is 4.70. The summed E-state index contributed by atoms with van der Waals surface area (Å²) >= 11 is 6.02. The van der Waals surface area contributed by atoms with E-state index in [2.05, 4.69) is 11.8 Å². The first-order valence-corrected chi connectivity index (χ1v) is 6.38. The fourth-order valence-corrected chi connectivity index (χ4v) is 2.30. The van der Waals surface area contributed by atoms with Crippen LogP contribution in [0.4, 0.5) is 4.39 Å². The van der Waals surface area contributed by atoms with Gasteiger partial charge in [-0.2, -0.15) is 0 Å². The number of aliphatic hydroxyl groups is 1. The van der Waals surface area contributed by atoms with Gasteiger partial charge in [0.2, 0.25) is 0 Å². The SMILES string of the molecule is CC1COC(CO)CN1Cc1ccc(F)cc1Cl. The number of morpholine rings is 1. The molecule has 3 nitrogen and oxygen atoms in total. The highest BCUT2D eigenvalue weighted by molar-refractivity contribution is 6.31. The average molecular weight is 274 g/mol. The van der Waals surface area contributed by atoms with E-state index in [1.54, 1.807) is 6.07 Å². The molecule has 1 aliphatic rings. The normalized spacial score (nSPS) is 25.3. The number of benzene rings is 1. The second-order valence-electron chi connectivity index (χ2n) is 4.65. The van der Waals surface area contributed by atoms with Crippen LogP contribution in [0.15, 0.2) is 18.2 Å². The highest BCUT2D eigenvalue weighted by atomic mass is 35.5. The Morgan fingerprint density at radius 1 is 1.56 bits per heavy atom. The molecule has 0 saturated carbocycles. The summed E-state index contributed by atoms with van der Waals surface area (Å²) in [6.07, 6.45) is -0.152. The van der Waals surface area contributed by atoms with E-state index in [0.29, 0.717) is 24.7 Å². The predicted octanol–water partition coefficient (Wildman–Crippen LogP) is 2.06. The molecule has 0 radical (unpaired) electrons. The van der Waals surface area contributed by atoms with Crippen LogP contribution in [0.2, 0.25) is 5.02 Å². The Balaban J connectivity index is 2.07. The zero-order chi connectivity index (χ0) is 13.1. The number of ether oxygens (including phenoxy) is 1. The molecule has 1 heterocycles. The lowest BCUT2D eigenvalue weighted by molar-refractivity contribution is -0.0805.